The molecule has 102 valence electrons. The Morgan fingerprint density at radius 3 is 2.56 bits per heavy atom. The maximum atomic E-state index is 11.5. The molecule has 1 heterocycles. The number of rotatable bonds is 5. The highest BCUT2D eigenvalue weighted by atomic mass is 35.5. The van der Waals surface area contributed by atoms with Gasteiger partial charge in [0.1, 0.15) is 0 Å². The fourth-order valence-electron chi connectivity index (χ4n) is 1.16. The molecule has 1 rings (SSSR count). The summed E-state index contributed by atoms with van der Waals surface area (Å²) in [6.45, 7) is 1.89. The van der Waals surface area contributed by atoms with E-state index in [1.54, 1.807) is 6.92 Å². The molecule has 0 radical (unpaired) electrons. The molecule has 0 spiro atoms. The normalized spacial score (nSPS) is 11.8. The van der Waals surface area contributed by atoms with E-state index >= 15 is 0 Å². The molecule has 0 amide bonds. The summed E-state index contributed by atoms with van der Waals surface area (Å²) in [7, 11) is -0.285. The van der Waals surface area contributed by atoms with Gasteiger partial charge in [0, 0.05) is 20.6 Å². The number of sulfonamides is 1. The van der Waals surface area contributed by atoms with Gasteiger partial charge in [-0.25, -0.2) is 17.7 Å². The van der Waals surface area contributed by atoms with Gasteiger partial charge in [-0.2, -0.15) is 4.98 Å². The summed E-state index contributed by atoms with van der Waals surface area (Å²) in [5.41, 5.74) is 6.67. The van der Waals surface area contributed by atoms with Gasteiger partial charge in [0.05, 0.1) is 17.1 Å². The lowest BCUT2D eigenvalue weighted by Gasteiger charge is -2.13. The number of nitrogens with one attached hydrogen (secondary N) is 1. The van der Waals surface area contributed by atoms with Crippen LogP contribution in [-0.4, -0.2) is 49.1 Å². The third kappa shape index (κ3) is 3.69. The molecule has 1 aromatic rings. The van der Waals surface area contributed by atoms with Crippen molar-refractivity contribution in [2.45, 2.75) is 6.92 Å². The molecule has 0 aliphatic rings. The number of nitrogens with zero attached hydrogens (tertiary/aromatic N) is 3. The highest BCUT2D eigenvalue weighted by Gasteiger charge is 2.14. The van der Waals surface area contributed by atoms with Crippen molar-refractivity contribution in [2.75, 3.05) is 37.4 Å². The van der Waals surface area contributed by atoms with E-state index in [1.165, 1.54) is 14.1 Å². The third-order valence-corrected chi connectivity index (χ3v) is 4.32. The number of nitrogen functional groups attached to an aromatic ring is 1. The molecule has 0 saturated carbocycles. The van der Waals surface area contributed by atoms with Crippen LogP contribution >= 0.6 is 11.6 Å². The Hall–Kier alpha value is -1.12. The van der Waals surface area contributed by atoms with Crippen molar-refractivity contribution >= 4 is 33.1 Å². The first kappa shape index (κ1) is 14.9. The average Bonchev–Trinajstić information content (AvgIpc) is 2.24. The second kappa shape index (κ2) is 5.68. The van der Waals surface area contributed by atoms with Crippen LogP contribution in [0.15, 0.2) is 0 Å². The monoisotopic (exact) mass is 293 g/mol. The zero-order valence-electron chi connectivity index (χ0n) is 10.4. The van der Waals surface area contributed by atoms with Crippen LogP contribution in [0.5, 0.6) is 0 Å². The first-order chi connectivity index (χ1) is 8.24. The Kier molecular flexibility index (Phi) is 4.71. The lowest BCUT2D eigenvalue weighted by atomic mass is 10.3. The predicted molar refractivity (Wildman–Crippen MR) is 72.2 cm³/mol. The molecule has 3 N–H and O–H groups in total. The Labute approximate surface area is 111 Å². The summed E-state index contributed by atoms with van der Waals surface area (Å²) >= 11 is 5.70. The van der Waals surface area contributed by atoms with Gasteiger partial charge >= 0.3 is 0 Å². The van der Waals surface area contributed by atoms with Crippen molar-refractivity contribution in [2.24, 2.45) is 0 Å². The van der Waals surface area contributed by atoms with E-state index < -0.39 is 10.0 Å². The number of hydrogen-bond acceptors (Lipinski definition) is 6. The first-order valence-electron chi connectivity index (χ1n) is 5.17. The van der Waals surface area contributed by atoms with Crippen LogP contribution in [0.2, 0.25) is 5.28 Å². The van der Waals surface area contributed by atoms with Crippen molar-refractivity contribution in [3.63, 3.8) is 0 Å². The quantitative estimate of drug-likeness (QED) is 0.758. The van der Waals surface area contributed by atoms with E-state index in [1.807, 2.05) is 0 Å². The largest absolute Gasteiger partial charge is 0.394 e. The minimum absolute atomic E-state index is 0.0554. The molecule has 1 aromatic heterocycles. The Bertz CT molecular complexity index is 532. The van der Waals surface area contributed by atoms with E-state index in [0.29, 0.717) is 17.2 Å². The second-order valence-electron chi connectivity index (χ2n) is 3.87. The summed E-state index contributed by atoms with van der Waals surface area (Å²) in [6, 6.07) is 0. The highest BCUT2D eigenvalue weighted by Crippen LogP contribution is 2.20. The van der Waals surface area contributed by atoms with Crippen LogP contribution in [0.3, 0.4) is 0 Å². The fraction of sp³-hybridized carbons (Fsp3) is 0.556. The van der Waals surface area contributed by atoms with E-state index in [0.717, 1.165) is 4.31 Å². The van der Waals surface area contributed by atoms with Gasteiger partial charge in [0.2, 0.25) is 15.3 Å². The molecule has 0 bridgehead atoms. The van der Waals surface area contributed by atoms with Crippen LogP contribution in [0.1, 0.15) is 5.69 Å². The van der Waals surface area contributed by atoms with Gasteiger partial charge < -0.3 is 11.1 Å². The van der Waals surface area contributed by atoms with Crippen LogP contribution in [0.25, 0.3) is 0 Å². The van der Waals surface area contributed by atoms with E-state index in [9.17, 15) is 8.42 Å². The SMILES string of the molecule is Cc1nc(Cl)nc(NCCS(=O)(=O)N(C)C)c1N. The standard InChI is InChI=1S/C9H16ClN5O2S/c1-6-7(11)8(14-9(10)13-6)12-4-5-18(16,17)15(2)3/h4-5,11H2,1-3H3,(H,12,13,14). The van der Waals surface area contributed by atoms with Crippen molar-refractivity contribution < 1.29 is 8.42 Å². The molecule has 0 unspecified atom stereocenters. The van der Waals surface area contributed by atoms with Gasteiger partial charge in [-0.3, -0.25) is 0 Å². The summed E-state index contributed by atoms with van der Waals surface area (Å²) in [5.74, 6) is 0.293. The topological polar surface area (TPSA) is 101 Å². The Morgan fingerprint density at radius 2 is 2.00 bits per heavy atom. The Balaban J connectivity index is 2.71. The van der Waals surface area contributed by atoms with E-state index in [-0.39, 0.29) is 17.6 Å². The van der Waals surface area contributed by atoms with E-state index in [2.05, 4.69) is 15.3 Å². The van der Waals surface area contributed by atoms with Gasteiger partial charge in [-0.05, 0) is 18.5 Å². The molecular formula is C9H16ClN5O2S. The van der Waals surface area contributed by atoms with Crippen LogP contribution < -0.4 is 11.1 Å². The minimum atomic E-state index is -3.25. The van der Waals surface area contributed by atoms with Gasteiger partial charge in [0.15, 0.2) is 5.82 Å². The third-order valence-electron chi connectivity index (χ3n) is 2.32. The number of halogens is 1. The fourth-order valence-corrected chi connectivity index (χ4v) is 2.10. The van der Waals surface area contributed by atoms with Gasteiger partial charge in [0.25, 0.3) is 0 Å². The number of anilines is 2. The molecule has 0 saturated heterocycles. The number of aryl methyl sites for hydroxylation is 1. The van der Waals surface area contributed by atoms with Crippen LogP contribution in [0.4, 0.5) is 11.5 Å². The minimum Gasteiger partial charge on any atom is -0.394 e. The molecule has 7 nitrogen and oxygen atoms in total. The van der Waals surface area contributed by atoms with Gasteiger partial charge in [-0.15, -0.1) is 0 Å². The van der Waals surface area contributed by atoms with Crippen molar-refractivity contribution in [1.29, 1.82) is 0 Å². The molecule has 0 aliphatic heterocycles. The predicted octanol–water partition coefficient (Wildman–Crippen LogP) is 0.324. The highest BCUT2D eigenvalue weighted by molar-refractivity contribution is 7.89. The maximum absolute atomic E-state index is 11.5. The number of nitrogens with two attached hydrogens (primary N) is 1. The summed E-state index contributed by atoms with van der Waals surface area (Å²) < 4.78 is 24.2. The van der Waals surface area contributed by atoms with Crippen molar-refractivity contribution in [3.8, 4) is 0 Å². The maximum Gasteiger partial charge on any atom is 0.224 e. The molecular weight excluding hydrogens is 278 g/mol. The van der Waals surface area contributed by atoms with Gasteiger partial charge in [-0.1, -0.05) is 0 Å². The smallest absolute Gasteiger partial charge is 0.224 e. The second-order valence-corrected chi connectivity index (χ2v) is 6.51. The zero-order chi connectivity index (χ0) is 13.9. The molecule has 0 aromatic carbocycles. The molecule has 9 heteroatoms. The summed E-state index contributed by atoms with van der Waals surface area (Å²) in [4.78, 5) is 7.79. The molecule has 0 aliphatic carbocycles. The molecule has 0 atom stereocenters. The lowest BCUT2D eigenvalue weighted by Crippen LogP contribution is -2.28. The van der Waals surface area contributed by atoms with Crippen molar-refractivity contribution in [1.82, 2.24) is 14.3 Å². The summed E-state index contributed by atoms with van der Waals surface area (Å²) in [5, 5.41) is 2.91. The van der Waals surface area contributed by atoms with Crippen LogP contribution in [0, 0.1) is 6.92 Å². The van der Waals surface area contributed by atoms with Crippen molar-refractivity contribution in [3.05, 3.63) is 11.0 Å². The number of aromatic nitrogens is 2. The summed E-state index contributed by atoms with van der Waals surface area (Å²) in [6.07, 6.45) is 0. The van der Waals surface area contributed by atoms with E-state index in [4.69, 9.17) is 17.3 Å². The average molecular weight is 294 g/mol. The number of hydrogen-bond donors (Lipinski definition) is 2. The molecule has 0 fully saturated rings. The first-order valence-corrected chi connectivity index (χ1v) is 7.16. The molecule has 18 heavy (non-hydrogen) atoms. The zero-order valence-corrected chi connectivity index (χ0v) is 12.0. The Morgan fingerprint density at radius 1 is 1.39 bits per heavy atom. The lowest BCUT2D eigenvalue weighted by molar-refractivity contribution is 0.521. The van der Waals surface area contributed by atoms with Crippen LogP contribution in [-0.2, 0) is 10.0 Å².